The number of hydrogen-bond acceptors (Lipinski definition) is 6. The van der Waals surface area contributed by atoms with Crippen LogP contribution in [-0.2, 0) is 43.3 Å². The second-order valence-electron chi connectivity index (χ2n) is 14.1. The second-order valence-corrected chi connectivity index (χ2v) is 18.4. The summed E-state index contributed by atoms with van der Waals surface area (Å²) in [6, 6.07) is 48.2. The monoisotopic (exact) mass is 713 g/mol. The van der Waals surface area contributed by atoms with Gasteiger partial charge in [0.05, 0.1) is 25.9 Å². The smallest absolute Gasteiger partial charge is 0.411 e. The Bertz CT molecular complexity index is 1800. The number of benzene rings is 5. The van der Waals surface area contributed by atoms with Crippen molar-refractivity contribution in [2.24, 2.45) is 0 Å². The molecular weight excluding hydrogens is 667 g/mol. The second kappa shape index (κ2) is 17.1. The van der Waals surface area contributed by atoms with Crippen LogP contribution in [0.5, 0.6) is 0 Å². The van der Waals surface area contributed by atoms with Crippen LogP contribution in [-0.4, -0.2) is 56.5 Å². The fourth-order valence-electron chi connectivity index (χ4n) is 7.22. The molecule has 1 amide bonds. The molecule has 0 aromatic heterocycles. The van der Waals surface area contributed by atoms with Gasteiger partial charge in [-0.3, -0.25) is 4.90 Å². The highest BCUT2D eigenvalue weighted by molar-refractivity contribution is 6.99. The van der Waals surface area contributed by atoms with Crippen LogP contribution in [0, 0.1) is 0 Å². The van der Waals surface area contributed by atoms with Crippen molar-refractivity contribution in [2.75, 3.05) is 6.61 Å². The number of aldehydes is 1. The number of carbonyl (C=O) groups is 2. The molecule has 0 aliphatic carbocycles. The molecule has 6 rings (SSSR count). The number of ether oxygens (including phenoxy) is 3. The van der Waals surface area contributed by atoms with Crippen molar-refractivity contribution >= 4 is 31.1 Å². The molecule has 1 heterocycles. The molecule has 0 bridgehead atoms. The van der Waals surface area contributed by atoms with Crippen molar-refractivity contribution in [3.05, 3.63) is 168 Å². The molecule has 8 heteroatoms. The summed E-state index contributed by atoms with van der Waals surface area (Å²) in [5.74, 6) is 0. The predicted molar refractivity (Wildman–Crippen MR) is 206 cm³/mol. The molecule has 0 radical (unpaired) electrons. The van der Waals surface area contributed by atoms with Crippen LogP contribution in [0.1, 0.15) is 37.5 Å². The van der Waals surface area contributed by atoms with Crippen molar-refractivity contribution < 1.29 is 28.2 Å². The minimum absolute atomic E-state index is 0.0507. The van der Waals surface area contributed by atoms with Crippen LogP contribution in [0.4, 0.5) is 4.79 Å². The highest BCUT2D eigenvalue weighted by atomic mass is 28.4. The SMILES string of the molecule is CC(C)(C)[Si](OC[C@@H]1[C@@H](OCc2ccccc2)[C@@H](OCc2ccccc2)[C@H](C=O)N1C(=O)OCc1ccccc1)(c1ccccc1)c1ccccc1. The number of amides is 1. The molecule has 52 heavy (non-hydrogen) atoms. The van der Waals surface area contributed by atoms with E-state index in [1.807, 2.05) is 127 Å². The van der Waals surface area contributed by atoms with Gasteiger partial charge in [-0.2, -0.15) is 0 Å². The maximum atomic E-state index is 14.3. The van der Waals surface area contributed by atoms with E-state index in [9.17, 15) is 9.59 Å². The summed E-state index contributed by atoms with van der Waals surface area (Å²) < 4.78 is 26.7. The third-order valence-electron chi connectivity index (χ3n) is 9.73. The van der Waals surface area contributed by atoms with E-state index >= 15 is 0 Å². The average molecular weight is 714 g/mol. The van der Waals surface area contributed by atoms with Gasteiger partial charge in [0, 0.05) is 0 Å². The molecule has 4 atom stereocenters. The molecule has 0 N–H and O–H groups in total. The quantitative estimate of drug-likeness (QED) is 0.0888. The first-order valence-corrected chi connectivity index (χ1v) is 19.7. The first-order chi connectivity index (χ1) is 25.3. The summed E-state index contributed by atoms with van der Waals surface area (Å²) in [6.45, 7) is 7.26. The number of likely N-dealkylation sites (tertiary alicyclic amines) is 1. The Balaban J connectivity index is 1.41. The Labute approximate surface area is 308 Å². The highest BCUT2D eigenvalue weighted by Crippen LogP contribution is 2.39. The van der Waals surface area contributed by atoms with Crippen LogP contribution in [0.25, 0.3) is 0 Å². The number of carbonyl (C=O) groups excluding carboxylic acids is 2. The zero-order chi connectivity index (χ0) is 36.4. The van der Waals surface area contributed by atoms with Crippen LogP contribution in [0.3, 0.4) is 0 Å². The summed E-state index contributed by atoms with van der Waals surface area (Å²) >= 11 is 0. The lowest BCUT2D eigenvalue weighted by Gasteiger charge is -2.44. The Morgan fingerprint density at radius 3 is 1.44 bits per heavy atom. The molecule has 5 aromatic carbocycles. The summed E-state index contributed by atoms with van der Waals surface area (Å²) in [5.41, 5.74) is 2.74. The van der Waals surface area contributed by atoms with Gasteiger partial charge >= 0.3 is 6.09 Å². The Kier molecular flexibility index (Phi) is 12.1. The molecule has 0 saturated carbocycles. The van der Waals surface area contributed by atoms with E-state index in [2.05, 4.69) is 45.0 Å². The van der Waals surface area contributed by atoms with E-state index in [1.165, 1.54) is 4.90 Å². The fraction of sp³-hybridized carbons (Fsp3) is 0.273. The van der Waals surface area contributed by atoms with E-state index < -0.39 is 38.7 Å². The first-order valence-electron chi connectivity index (χ1n) is 17.8. The number of rotatable bonds is 14. The number of nitrogens with zero attached hydrogens (tertiary/aromatic N) is 1. The van der Waals surface area contributed by atoms with E-state index in [4.69, 9.17) is 18.6 Å². The van der Waals surface area contributed by atoms with E-state index in [-0.39, 0.29) is 31.5 Å². The summed E-state index contributed by atoms with van der Waals surface area (Å²) in [6.07, 6.45) is -1.36. The van der Waals surface area contributed by atoms with Gasteiger partial charge in [0.15, 0.2) is 0 Å². The van der Waals surface area contributed by atoms with Crippen LogP contribution in [0.2, 0.25) is 5.04 Å². The minimum Gasteiger partial charge on any atom is -0.445 e. The van der Waals surface area contributed by atoms with Crippen molar-refractivity contribution in [1.29, 1.82) is 0 Å². The molecular formula is C44H47NO6Si. The van der Waals surface area contributed by atoms with E-state index in [0.717, 1.165) is 33.3 Å². The largest absolute Gasteiger partial charge is 0.445 e. The lowest BCUT2D eigenvalue weighted by molar-refractivity contribution is -0.118. The third-order valence-corrected chi connectivity index (χ3v) is 14.7. The first kappa shape index (κ1) is 36.9. The van der Waals surface area contributed by atoms with Crippen molar-refractivity contribution in [3.8, 4) is 0 Å². The Hall–Kier alpha value is -4.86. The van der Waals surface area contributed by atoms with Crippen LogP contribution < -0.4 is 10.4 Å². The summed E-state index contributed by atoms with van der Waals surface area (Å²) in [5, 5.41) is 1.90. The summed E-state index contributed by atoms with van der Waals surface area (Å²) in [7, 11) is -3.06. The topological polar surface area (TPSA) is 74.3 Å². The lowest BCUT2D eigenvalue weighted by Crippen LogP contribution is -2.67. The molecule has 1 saturated heterocycles. The maximum absolute atomic E-state index is 14.3. The molecule has 1 aliphatic rings. The zero-order valence-corrected chi connectivity index (χ0v) is 31.0. The van der Waals surface area contributed by atoms with Crippen molar-refractivity contribution in [1.82, 2.24) is 4.90 Å². The van der Waals surface area contributed by atoms with Gasteiger partial charge in [-0.15, -0.1) is 0 Å². The Morgan fingerprint density at radius 2 is 1.02 bits per heavy atom. The standard InChI is InChI=1S/C44H47NO6Si/c1-44(2,3)52(37-25-15-7-16-26-37,38-27-17-8-18-28-38)51-33-40-42(49-31-35-21-11-5-12-22-35)41(48-30-34-19-9-4-10-20-34)39(29-46)45(40)43(47)50-32-36-23-13-6-14-24-36/h4-29,39-42H,30-33H2,1-3H3/t39-,40+,41-,42+/m0/s1. The lowest BCUT2D eigenvalue weighted by atomic mass is 10.1. The molecule has 5 aromatic rings. The van der Waals surface area contributed by atoms with E-state index in [1.54, 1.807) is 0 Å². The van der Waals surface area contributed by atoms with Gasteiger partial charge in [0.1, 0.15) is 31.1 Å². The van der Waals surface area contributed by atoms with Gasteiger partial charge in [-0.05, 0) is 32.1 Å². The zero-order valence-electron chi connectivity index (χ0n) is 30.0. The minimum atomic E-state index is -3.06. The summed E-state index contributed by atoms with van der Waals surface area (Å²) in [4.78, 5) is 29.0. The maximum Gasteiger partial charge on any atom is 0.411 e. The molecule has 7 nitrogen and oxygen atoms in total. The predicted octanol–water partition coefficient (Wildman–Crippen LogP) is 7.32. The van der Waals surface area contributed by atoms with Crippen LogP contribution in [0.15, 0.2) is 152 Å². The molecule has 0 unspecified atom stereocenters. The van der Waals surface area contributed by atoms with Crippen LogP contribution >= 0.6 is 0 Å². The van der Waals surface area contributed by atoms with Gasteiger partial charge < -0.3 is 23.4 Å². The third kappa shape index (κ3) is 8.27. The van der Waals surface area contributed by atoms with Gasteiger partial charge in [0.2, 0.25) is 0 Å². The number of hydrogen-bond donors (Lipinski definition) is 0. The Morgan fingerprint density at radius 1 is 0.615 bits per heavy atom. The van der Waals surface area contributed by atoms with Gasteiger partial charge in [0.25, 0.3) is 8.32 Å². The van der Waals surface area contributed by atoms with E-state index in [0.29, 0.717) is 0 Å². The molecule has 1 aliphatic heterocycles. The highest BCUT2D eigenvalue weighted by Gasteiger charge is 2.56. The molecule has 1 fully saturated rings. The van der Waals surface area contributed by atoms with Crippen molar-refractivity contribution in [2.45, 2.75) is 69.9 Å². The van der Waals surface area contributed by atoms with Gasteiger partial charge in [-0.25, -0.2) is 4.79 Å². The molecule has 0 spiro atoms. The average Bonchev–Trinajstić information content (AvgIpc) is 3.49. The van der Waals surface area contributed by atoms with Crippen molar-refractivity contribution in [3.63, 3.8) is 0 Å². The fourth-order valence-corrected chi connectivity index (χ4v) is 11.8. The normalized spacial score (nSPS) is 18.9. The molecule has 268 valence electrons. The van der Waals surface area contributed by atoms with Gasteiger partial charge in [-0.1, -0.05) is 172 Å².